The average Bonchev–Trinajstić information content (AvgIpc) is 2.95. The zero-order chi connectivity index (χ0) is 28.7. The molecule has 0 aliphatic rings. The van der Waals surface area contributed by atoms with Gasteiger partial charge >= 0.3 is 6.03 Å². The number of hydrogen-bond acceptors (Lipinski definition) is 7. The Morgan fingerprint density at radius 3 is 2.33 bits per heavy atom. The highest BCUT2D eigenvalue weighted by atomic mass is 32.2. The maximum atomic E-state index is 13.4. The molecule has 0 saturated carbocycles. The number of aromatic nitrogens is 1. The summed E-state index contributed by atoms with van der Waals surface area (Å²) in [6.45, 7) is 2.54. The molecule has 2 N–H and O–H groups in total. The molecule has 1 unspecified atom stereocenters. The Bertz CT molecular complexity index is 1260. The van der Waals surface area contributed by atoms with Gasteiger partial charge in [0, 0.05) is 69.2 Å². The minimum Gasteiger partial charge on any atom is -0.354 e. The molecule has 210 valence electrons. The summed E-state index contributed by atoms with van der Waals surface area (Å²) in [5.74, 6) is 0.0599. The lowest BCUT2D eigenvalue weighted by Gasteiger charge is -2.26. The molecule has 0 aliphatic carbocycles. The van der Waals surface area contributed by atoms with Crippen molar-refractivity contribution < 1.29 is 19.3 Å². The molecule has 3 aromatic rings. The largest absolute Gasteiger partial charge is 0.354 e. The van der Waals surface area contributed by atoms with Crippen LogP contribution in [0.5, 0.6) is 0 Å². The van der Waals surface area contributed by atoms with Gasteiger partial charge in [-0.25, -0.2) is 4.79 Å². The van der Waals surface area contributed by atoms with Gasteiger partial charge in [-0.1, -0.05) is 60.3 Å². The van der Waals surface area contributed by atoms with E-state index in [2.05, 4.69) is 15.6 Å². The molecule has 2 aromatic carbocycles. The van der Waals surface area contributed by atoms with Crippen molar-refractivity contribution in [3.63, 3.8) is 0 Å². The summed E-state index contributed by atoms with van der Waals surface area (Å²) in [4.78, 5) is 54.5. The zero-order valence-corrected chi connectivity index (χ0v) is 23.1. The van der Waals surface area contributed by atoms with Gasteiger partial charge in [0.25, 0.3) is 5.69 Å². The van der Waals surface area contributed by atoms with Gasteiger partial charge in [-0.3, -0.25) is 24.7 Å². The number of urea groups is 1. The monoisotopic (exact) mass is 563 g/mol. The Balaban J connectivity index is 1.71. The summed E-state index contributed by atoms with van der Waals surface area (Å²) >= 11 is 1.14. The molecule has 1 atom stereocenters. The number of non-ortho nitro benzene ring substituents is 1. The quantitative estimate of drug-likeness (QED) is 0.225. The molecule has 0 fully saturated rings. The van der Waals surface area contributed by atoms with Gasteiger partial charge in [0.05, 0.1) is 4.92 Å². The summed E-state index contributed by atoms with van der Waals surface area (Å²) in [5, 5.41) is 16.7. The van der Waals surface area contributed by atoms with E-state index in [4.69, 9.17) is 0 Å². The number of amides is 3. The van der Waals surface area contributed by atoms with E-state index in [9.17, 15) is 24.5 Å². The number of nitro groups is 1. The van der Waals surface area contributed by atoms with Gasteiger partial charge in [-0.15, -0.1) is 0 Å². The number of carbonyl (C=O) groups is 3. The van der Waals surface area contributed by atoms with Gasteiger partial charge in [0.1, 0.15) is 6.04 Å². The Morgan fingerprint density at radius 1 is 0.950 bits per heavy atom. The first-order valence-electron chi connectivity index (χ1n) is 13.0. The first kappa shape index (κ1) is 30.3. The van der Waals surface area contributed by atoms with E-state index in [-0.39, 0.29) is 23.1 Å². The van der Waals surface area contributed by atoms with Crippen LogP contribution in [-0.4, -0.2) is 63.3 Å². The van der Waals surface area contributed by atoms with Crippen LogP contribution in [0.15, 0.2) is 79.0 Å². The number of benzene rings is 2. The lowest BCUT2D eigenvalue weighted by molar-refractivity contribution is -0.384. The molecular formula is C29H33N5O5S. The molecule has 0 bridgehead atoms. The van der Waals surface area contributed by atoms with Gasteiger partial charge in [0.15, 0.2) is 5.12 Å². The maximum Gasteiger partial charge on any atom is 0.318 e. The number of nitro benzene ring substituents is 1. The van der Waals surface area contributed by atoms with Crippen LogP contribution in [0.4, 0.5) is 10.5 Å². The van der Waals surface area contributed by atoms with E-state index in [1.165, 1.54) is 19.1 Å². The second-order valence-corrected chi connectivity index (χ2v) is 10.3. The van der Waals surface area contributed by atoms with Crippen LogP contribution in [0.1, 0.15) is 23.7 Å². The van der Waals surface area contributed by atoms with E-state index >= 15 is 0 Å². The minimum atomic E-state index is -0.919. The third-order valence-electron chi connectivity index (χ3n) is 6.07. The molecule has 40 heavy (non-hydrogen) atoms. The van der Waals surface area contributed by atoms with Gasteiger partial charge in [-0.05, 0) is 29.7 Å². The summed E-state index contributed by atoms with van der Waals surface area (Å²) in [5.41, 5.74) is 2.50. The molecule has 11 heteroatoms. The summed E-state index contributed by atoms with van der Waals surface area (Å²) in [6.07, 6.45) is 2.97. The summed E-state index contributed by atoms with van der Waals surface area (Å²) < 4.78 is 0. The number of carbonyl (C=O) groups excluding carboxylic acids is 3. The van der Waals surface area contributed by atoms with Crippen LogP contribution in [0, 0.1) is 10.1 Å². The fourth-order valence-corrected chi connectivity index (χ4v) is 4.54. The fourth-order valence-electron chi connectivity index (χ4n) is 3.95. The number of pyridine rings is 1. The number of nitrogens with zero attached hydrogens (tertiary/aromatic N) is 3. The third-order valence-corrected chi connectivity index (χ3v) is 6.87. The van der Waals surface area contributed by atoms with Crippen LogP contribution >= 0.6 is 11.8 Å². The van der Waals surface area contributed by atoms with Crippen molar-refractivity contribution in [2.24, 2.45) is 0 Å². The van der Waals surface area contributed by atoms with Gasteiger partial charge in [-0.2, -0.15) is 0 Å². The van der Waals surface area contributed by atoms with E-state index in [1.54, 1.807) is 23.2 Å². The third kappa shape index (κ3) is 10.5. The molecule has 1 aromatic heterocycles. The second kappa shape index (κ2) is 16.0. The molecule has 0 aliphatic heterocycles. The van der Waals surface area contributed by atoms with Crippen LogP contribution in [-0.2, 0) is 28.9 Å². The standard InChI is InChI=1S/C29H33N5O5S/c1-22(35)40-20-19-33(18-15-23-7-3-2-4-8-23)29(37)32-27(21-24-10-12-26(13-11-24)34(38)39)28(36)31-17-14-25-9-5-6-16-30-25/h2-13,16,27H,14-15,17-21H2,1H3,(H,31,36)(H,32,37). The molecule has 3 amide bonds. The number of hydrogen-bond donors (Lipinski definition) is 2. The predicted molar refractivity (Wildman–Crippen MR) is 155 cm³/mol. The zero-order valence-electron chi connectivity index (χ0n) is 22.3. The van der Waals surface area contributed by atoms with Crippen molar-refractivity contribution in [1.29, 1.82) is 0 Å². The minimum absolute atomic E-state index is 0.0354. The molecular weight excluding hydrogens is 530 g/mol. The highest BCUT2D eigenvalue weighted by molar-refractivity contribution is 8.13. The van der Waals surface area contributed by atoms with Crippen molar-refractivity contribution >= 4 is 34.5 Å². The van der Waals surface area contributed by atoms with Crippen molar-refractivity contribution in [3.05, 3.63) is 106 Å². The lowest BCUT2D eigenvalue weighted by atomic mass is 10.0. The Hall–Kier alpha value is -4.25. The smallest absolute Gasteiger partial charge is 0.318 e. The van der Waals surface area contributed by atoms with Crippen LogP contribution in [0.2, 0.25) is 0 Å². The molecule has 10 nitrogen and oxygen atoms in total. The normalized spacial score (nSPS) is 11.3. The van der Waals surface area contributed by atoms with Crippen LogP contribution < -0.4 is 10.6 Å². The molecule has 3 rings (SSSR count). The summed E-state index contributed by atoms with van der Waals surface area (Å²) in [7, 11) is 0. The Labute approximate surface area is 237 Å². The Morgan fingerprint density at radius 2 is 1.68 bits per heavy atom. The second-order valence-electron chi connectivity index (χ2n) is 9.05. The van der Waals surface area contributed by atoms with Gasteiger partial charge in [0.2, 0.25) is 5.91 Å². The fraction of sp³-hybridized carbons (Fsp3) is 0.310. The molecule has 1 heterocycles. The maximum absolute atomic E-state index is 13.4. The first-order chi connectivity index (χ1) is 19.3. The van der Waals surface area contributed by atoms with E-state index in [0.29, 0.717) is 43.8 Å². The van der Waals surface area contributed by atoms with Crippen molar-refractivity contribution in [3.8, 4) is 0 Å². The summed E-state index contributed by atoms with van der Waals surface area (Å²) in [6, 6.07) is 19.9. The number of rotatable bonds is 14. The van der Waals surface area contributed by atoms with E-state index in [1.807, 2.05) is 48.5 Å². The predicted octanol–water partition coefficient (Wildman–Crippen LogP) is 3.79. The van der Waals surface area contributed by atoms with Crippen molar-refractivity contribution in [2.45, 2.75) is 32.2 Å². The van der Waals surface area contributed by atoms with Crippen molar-refractivity contribution in [2.75, 3.05) is 25.4 Å². The lowest BCUT2D eigenvalue weighted by Crippen LogP contribution is -2.53. The highest BCUT2D eigenvalue weighted by Crippen LogP contribution is 2.14. The number of nitrogens with one attached hydrogen (secondary N) is 2. The topological polar surface area (TPSA) is 135 Å². The van der Waals surface area contributed by atoms with E-state index < -0.39 is 17.0 Å². The molecule has 0 radical (unpaired) electrons. The Kier molecular flexibility index (Phi) is 12.1. The average molecular weight is 564 g/mol. The van der Waals surface area contributed by atoms with Gasteiger partial charge < -0.3 is 15.5 Å². The molecule has 0 saturated heterocycles. The highest BCUT2D eigenvalue weighted by Gasteiger charge is 2.24. The van der Waals surface area contributed by atoms with Crippen molar-refractivity contribution in [1.82, 2.24) is 20.5 Å². The first-order valence-corrected chi connectivity index (χ1v) is 13.9. The number of thioether (sulfide) groups is 1. The molecule has 0 spiro atoms. The SMILES string of the molecule is CC(=O)SCCN(CCc1ccccc1)C(=O)NC(Cc1ccc([N+](=O)[O-])cc1)C(=O)NCCc1ccccn1. The van der Waals surface area contributed by atoms with E-state index in [0.717, 1.165) is 23.0 Å². The van der Waals surface area contributed by atoms with Crippen LogP contribution in [0.25, 0.3) is 0 Å². The van der Waals surface area contributed by atoms with Crippen LogP contribution in [0.3, 0.4) is 0 Å².